The smallest absolute Gasteiger partial charge is 0.338 e. The van der Waals surface area contributed by atoms with Crippen LogP contribution in [-0.4, -0.2) is 46.5 Å². The number of carbonyl (C=O) groups excluding carboxylic acids is 1. The Balaban J connectivity index is 2.00. The van der Waals surface area contributed by atoms with E-state index in [1.54, 1.807) is 11.8 Å². The van der Waals surface area contributed by atoms with Crippen LogP contribution >= 0.6 is 0 Å². The molecule has 0 saturated heterocycles. The molecule has 2 heterocycles. The zero-order chi connectivity index (χ0) is 20.8. The van der Waals surface area contributed by atoms with E-state index < -0.39 is 6.04 Å². The molecule has 0 aliphatic carbocycles. The maximum Gasteiger partial charge on any atom is 0.338 e. The van der Waals surface area contributed by atoms with Gasteiger partial charge in [-0.2, -0.15) is 4.68 Å². The van der Waals surface area contributed by atoms with Crippen molar-refractivity contribution in [2.24, 2.45) is 0 Å². The largest absolute Gasteiger partial charge is 0.493 e. The lowest BCUT2D eigenvalue weighted by atomic mass is 9.95. The molecule has 1 N–H and O–H groups in total. The summed E-state index contributed by atoms with van der Waals surface area (Å²) in [5, 5.41) is 14.9. The first kappa shape index (κ1) is 20.6. The number of rotatable bonds is 9. The van der Waals surface area contributed by atoms with Crippen molar-refractivity contribution in [2.45, 2.75) is 46.1 Å². The highest BCUT2D eigenvalue weighted by atomic mass is 16.5. The Morgan fingerprint density at radius 1 is 1.21 bits per heavy atom. The molecule has 156 valence electrons. The molecule has 2 aromatic rings. The summed E-state index contributed by atoms with van der Waals surface area (Å²) >= 11 is 0. The number of unbranched alkanes of at least 4 members (excludes halogenated alkanes) is 1. The van der Waals surface area contributed by atoms with Crippen molar-refractivity contribution in [3.8, 4) is 11.5 Å². The lowest BCUT2D eigenvalue weighted by molar-refractivity contribution is -0.139. The first-order valence-corrected chi connectivity index (χ1v) is 9.84. The zero-order valence-corrected chi connectivity index (χ0v) is 17.3. The van der Waals surface area contributed by atoms with Crippen LogP contribution in [0.25, 0.3) is 0 Å². The average Bonchev–Trinajstić information content (AvgIpc) is 3.19. The van der Waals surface area contributed by atoms with Gasteiger partial charge in [-0.15, -0.1) is 0 Å². The van der Waals surface area contributed by atoms with E-state index in [1.165, 1.54) is 0 Å². The molecule has 1 aliphatic rings. The Bertz CT molecular complexity index is 893. The molecule has 3 rings (SSSR count). The van der Waals surface area contributed by atoms with Gasteiger partial charge in [0.05, 0.1) is 25.9 Å². The molecule has 9 heteroatoms. The highest BCUT2D eigenvalue weighted by molar-refractivity contribution is 5.92. The number of carbonyl (C=O) groups is 1. The number of methoxy groups -OCH3 is 1. The number of ether oxygens (including phenoxy) is 3. The fraction of sp³-hybridized carbons (Fsp3) is 0.500. The fourth-order valence-electron chi connectivity index (χ4n) is 3.16. The van der Waals surface area contributed by atoms with Crippen molar-refractivity contribution >= 4 is 11.9 Å². The van der Waals surface area contributed by atoms with E-state index in [4.69, 9.17) is 14.2 Å². The Hall–Kier alpha value is -3.10. The third-order valence-corrected chi connectivity index (χ3v) is 4.63. The number of allylic oxidation sites excluding steroid dienone is 1. The van der Waals surface area contributed by atoms with Gasteiger partial charge in [0.1, 0.15) is 6.04 Å². The Labute approximate surface area is 170 Å². The molecule has 0 spiro atoms. The van der Waals surface area contributed by atoms with Gasteiger partial charge >= 0.3 is 5.97 Å². The lowest BCUT2D eigenvalue weighted by Gasteiger charge is -2.27. The molecule has 29 heavy (non-hydrogen) atoms. The first-order chi connectivity index (χ1) is 14.1. The number of nitrogens with one attached hydrogen (secondary N) is 1. The maximum absolute atomic E-state index is 12.9. The van der Waals surface area contributed by atoms with Crippen molar-refractivity contribution in [3.63, 3.8) is 0 Å². The number of tetrazole rings is 1. The minimum atomic E-state index is -0.537. The van der Waals surface area contributed by atoms with Crippen molar-refractivity contribution < 1.29 is 19.0 Å². The second kappa shape index (κ2) is 9.40. The van der Waals surface area contributed by atoms with E-state index in [-0.39, 0.29) is 5.97 Å². The van der Waals surface area contributed by atoms with Crippen LogP contribution in [-0.2, 0) is 9.53 Å². The quantitative estimate of drug-likeness (QED) is 0.505. The van der Waals surface area contributed by atoms with E-state index in [2.05, 4.69) is 20.8 Å². The lowest BCUT2D eigenvalue weighted by Crippen LogP contribution is -2.30. The van der Waals surface area contributed by atoms with Crippen LogP contribution in [0, 0.1) is 0 Å². The van der Waals surface area contributed by atoms with E-state index in [0.717, 1.165) is 24.8 Å². The van der Waals surface area contributed by atoms with Gasteiger partial charge < -0.3 is 19.5 Å². The Morgan fingerprint density at radius 2 is 2.03 bits per heavy atom. The fourth-order valence-corrected chi connectivity index (χ4v) is 3.16. The predicted molar refractivity (Wildman–Crippen MR) is 107 cm³/mol. The van der Waals surface area contributed by atoms with Crippen LogP contribution in [0.3, 0.4) is 0 Å². The number of nitrogens with zero attached hydrogens (tertiary/aromatic N) is 4. The van der Waals surface area contributed by atoms with Crippen LogP contribution in [0.15, 0.2) is 29.5 Å². The highest BCUT2D eigenvalue weighted by Crippen LogP contribution is 2.38. The van der Waals surface area contributed by atoms with Gasteiger partial charge in [-0.25, -0.2) is 4.79 Å². The number of benzene rings is 1. The average molecular weight is 401 g/mol. The molecule has 1 atom stereocenters. The first-order valence-electron chi connectivity index (χ1n) is 9.84. The Morgan fingerprint density at radius 3 is 2.76 bits per heavy atom. The van der Waals surface area contributed by atoms with Gasteiger partial charge in [0.15, 0.2) is 11.5 Å². The summed E-state index contributed by atoms with van der Waals surface area (Å²) in [7, 11) is 1.59. The Kier molecular flexibility index (Phi) is 6.69. The molecule has 9 nitrogen and oxygen atoms in total. The minimum absolute atomic E-state index is 0.369. The van der Waals surface area contributed by atoms with Crippen LogP contribution in [0.1, 0.15) is 51.6 Å². The van der Waals surface area contributed by atoms with Crippen molar-refractivity contribution in [3.05, 3.63) is 35.0 Å². The number of fused-ring (bicyclic) bond motifs is 1. The van der Waals surface area contributed by atoms with E-state index in [1.807, 2.05) is 39.0 Å². The molecule has 0 bridgehead atoms. The summed E-state index contributed by atoms with van der Waals surface area (Å²) in [5.41, 5.74) is 1.91. The van der Waals surface area contributed by atoms with Crippen molar-refractivity contribution in [1.29, 1.82) is 0 Å². The normalized spacial score (nSPS) is 15.5. The maximum atomic E-state index is 12.9. The van der Waals surface area contributed by atoms with Gasteiger partial charge in [-0.05, 0) is 47.9 Å². The summed E-state index contributed by atoms with van der Waals surface area (Å²) in [5.74, 6) is 1.31. The second-order valence-electron chi connectivity index (χ2n) is 6.76. The van der Waals surface area contributed by atoms with Crippen LogP contribution in [0.4, 0.5) is 5.95 Å². The van der Waals surface area contributed by atoms with Crippen LogP contribution in [0.5, 0.6) is 11.5 Å². The molecule has 1 aromatic heterocycles. The SMILES string of the molecule is CCCCOC(=O)C1=C(C)Nc2nnnn2C1c1ccc(OCCC)c(OC)c1. The summed E-state index contributed by atoms with van der Waals surface area (Å²) in [6.07, 6.45) is 2.65. The molecular formula is C20H27N5O4. The van der Waals surface area contributed by atoms with E-state index in [0.29, 0.717) is 41.9 Å². The number of hydrogen-bond acceptors (Lipinski definition) is 8. The number of hydrogen-bond donors (Lipinski definition) is 1. The van der Waals surface area contributed by atoms with Gasteiger partial charge in [0.25, 0.3) is 0 Å². The van der Waals surface area contributed by atoms with E-state index >= 15 is 0 Å². The van der Waals surface area contributed by atoms with E-state index in [9.17, 15) is 4.79 Å². The molecule has 1 unspecified atom stereocenters. The zero-order valence-electron chi connectivity index (χ0n) is 17.3. The molecule has 1 aliphatic heterocycles. The third-order valence-electron chi connectivity index (χ3n) is 4.63. The molecular weight excluding hydrogens is 374 g/mol. The predicted octanol–water partition coefficient (Wildman–Crippen LogP) is 3.10. The summed E-state index contributed by atoms with van der Waals surface area (Å²) < 4.78 is 18.3. The number of esters is 1. The third kappa shape index (κ3) is 4.33. The molecule has 0 saturated carbocycles. The minimum Gasteiger partial charge on any atom is -0.493 e. The highest BCUT2D eigenvalue weighted by Gasteiger charge is 2.35. The topological polar surface area (TPSA) is 100 Å². The van der Waals surface area contributed by atoms with Gasteiger partial charge in [-0.1, -0.05) is 31.4 Å². The van der Waals surface area contributed by atoms with Gasteiger partial charge in [0.2, 0.25) is 5.95 Å². The van der Waals surface area contributed by atoms with Crippen LogP contribution in [0.2, 0.25) is 0 Å². The summed E-state index contributed by atoms with van der Waals surface area (Å²) in [4.78, 5) is 12.9. The second-order valence-corrected chi connectivity index (χ2v) is 6.76. The molecule has 0 amide bonds. The molecule has 1 aromatic carbocycles. The monoisotopic (exact) mass is 401 g/mol. The van der Waals surface area contributed by atoms with Crippen LogP contribution < -0.4 is 14.8 Å². The standard InChI is InChI=1S/C20H27N5O4/c1-5-7-11-29-19(26)17-13(3)21-20-22-23-24-25(20)18(17)14-8-9-15(28-10-6-2)16(12-14)27-4/h8-9,12,18H,5-7,10-11H2,1-4H3,(H,21,22,24). The summed E-state index contributed by atoms with van der Waals surface area (Å²) in [6.45, 7) is 6.87. The van der Waals surface area contributed by atoms with Gasteiger partial charge in [-0.3, -0.25) is 0 Å². The van der Waals surface area contributed by atoms with Gasteiger partial charge in [0, 0.05) is 5.70 Å². The molecule has 0 fully saturated rings. The number of anilines is 1. The van der Waals surface area contributed by atoms with Crippen molar-refractivity contribution in [2.75, 3.05) is 25.6 Å². The van der Waals surface area contributed by atoms with Crippen molar-refractivity contribution in [1.82, 2.24) is 20.2 Å². The molecule has 0 radical (unpaired) electrons. The summed E-state index contributed by atoms with van der Waals surface area (Å²) in [6, 6.07) is 5.04. The number of aromatic nitrogens is 4.